The van der Waals surface area contributed by atoms with Crippen LogP contribution in [0.25, 0.3) is 0 Å². The average Bonchev–Trinajstić information content (AvgIpc) is 2.56. The molecule has 94 valence electrons. The molecule has 1 aliphatic heterocycles. The molecule has 0 aromatic heterocycles. The van der Waals surface area contributed by atoms with Gasteiger partial charge in [-0.3, -0.25) is 9.79 Å². The zero-order valence-corrected chi connectivity index (χ0v) is 11.9. The van der Waals surface area contributed by atoms with Crippen molar-refractivity contribution in [2.45, 2.75) is 12.8 Å². The van der Waals surface area contributed by atoms with Crippen molar-refractivity contribution in [1.82, 2.24) is 0 Å². The Morgan fingerprint density at radius 3 is 2.68 bits per heavy atom. The third-order valence-electron chi connectivity index (χ3n) is 3.16. The first kappa shape index (κ1) is 12.3. The lowest BCUT2D eigenvalue weighted by Gasteiger charge is -2.04. The van der Waals surface area contributed by atoms with Gasteiger partial charge in [-0.25, -0.2) is 0 Å². The van der Waals surface area contributed by atoms with Gasteiger partial charge in [0.1, 0.15) is 5.78 Å². The number of carbonyl (C=O) groups excluding carboxylic acids is 1. The predicted octanol–water partition coefficient (Wildman–Crippen LogP) is 4.09. The van der Waals surface area contributed by atoms with Crippen LogP contribution in [0, 0.1) is 0 Å². The van der Waals surface area contributed by atoms with Crippen LogP contribution in [-0.4, -0.2) is 11.5 Å². The Hall–Kier alpha value is -1.74. The number of nitrogens with zero attached hydrogens (tertiary/aromatic N) is 1. The Kier molecular flexibility index (Phi) is 3.30. The predicted molar refractivity (Wildman–Crippen MR) is 80.1 cm³/mol. The van der Waals surface area contributed by atoms with E-state index in [0.29, 0.717) is 12.8 Å². The molecule has 0 spiro atoms. The molecule has 2 aromatic rings. The molecule has 0 radical (unpaired) electrons. The Morgan fingerprint density at radius 1 is 1.00 bits per heavy atom. The van der Waals surface area contributed by atoms with Crippen molar-refractivity contribution in [3.8, 4) is 0 Å². The van der Waals surface area contributed by atoms with E-state index in [0.717, 1.165) is 27.0 Å². The summed E-state index contributed by atoms with van der Waals surface area (Å²) in [4.78, 5) is 16.7. The molecule has 2 aromatic carbocycles. The zero-order valence-electron chi connectivity index (χ0n) is 10.3. The molecule has 0 N–H and O–H groups in total. The molecular formula is C16H12BrNO. The summed E-state index contributed by atoms with van der Waals surface area (Å²) in [6.45, 7) is 0. The highest BCUT2D eigenvalue weighted by atomic mass is 79.9. The summed E-state index contributed by atoms with van der Waals surface area (Å²) in [6.07, 6.45) is 0.863. The number of benzene rings is 2. The molecular weight excluding hydrogens is 302 g/mol. The normalized spacial score (nSPS) is 14.6. The number of hydrogen-bond donors (Lipinski definition) is 0. The Balaban J connectivity index is 2.11. The van der Waals surface area contributed by atoms with E-state index in [1.165, 1.54) is 0 Å². The monoisotopic (exact) mass is 313 g/mol. The molecule has 19 heavy (non-hydrogen) atoms. The molecule has 3 heteroatoms. The number of rotatable bonds is 1. The van der Waals surface area contributed by atoms with E-state index < -0.39 is 0 Å². The summed E-state index contributed by atoms with van der Waals surface area (Å²) in [5, 5.41) is 0. The van der Waals surface area contributed by atoms with Crippen LogP contribution in [-0.2, 0) is 11.2 Å². The smallest absolute Gasteiger partial charge is 0.143 e. The second-order valence-corrected chi connectivity index (χ2v) is 5.51. The van der Waals surface area contributed by atoms with Crippen molar-refractivity contribution in [2.75, 3.05) is 0 Å². The van der Waals surface area contributed by atoms with Crippen LogP contribution in [0.15, 0.2) is 58.0 Å². The number of ketones is 1. The molecule has 1 aliphatic rings. The molecule has 0 unspecified atom stereocenters. The summed E-state index contributed by atoms with van der Waals surface area (Å²) in [6, 6.07) is 15.8. The highest BCUT2D eigenvalue weighted by Gasteiger charge is 2.17. The number of aliphatic imine (C=N–C) groups is 1. The van der Waals surface area contributed by atoms with Crippen molar-refractivity contribution in [2.24, 2.45) is 4.99 Å². The van der Waals surface area contributed by atoms with Crippen LogP contribution >= 0.6 is 15.9 Å². The molecule has 0 saturated heterocycles. The molecule has 0 bridgehead atoms. The third kappa shape index (κ3) is 2.66. The molecule has 0 atom stereocenters. The minimum Gasteiger partial charge on any atom is -0.299 e. The SMILES string of the molecule is O=C1CC(c2cccc(Br)c2)=Nc2ccccc2C1. The van der Waals surface area contributed by atoms with Gasteiger partial charge < -0.3 is 0 Å². The van der Waals surface area contributed by atoms with Gasteiger partial charge in [-0.05, 0) is 29.3 Å². The van der Waals surface area contributed by atoms with Crippen molar-refractivity contribution >= 4 is 33.1 Å². The number of hydrogen-bond acceptors (Lipinski definition) is 2. The Bertz CT molecular complexity index is 676. The average molecular weight is 314 g/mol. The topological polar surface area (TPSA) is 29.4 Å². The lowest BCUT2D eigenvalue weighted by atomic mass is 10.0. The van der Waals surface area contributed by atoms with Crippen LogP contribution in [0.4, 0.5) is 5.69 Å². The molecule has 0 aliphatic carbocycles. The van der Waals surface area contributed by atoms with E-state index in [9.17, 15) is 4.79 Å². The molecule has 3 rings (SSSR count). The summed E-state index contributed by atoms with van der Waals surface area (Å²) in [5.41, 5.74) is 3.76. The van der Waals surface area contributed by atoms with E-state index in [1.54, 1.807) is 0 Å². The van der Waals surface area contributed by atoms with Gasteiger partial charge in [0.05, 0.1) is 11.4 Å². The second kappa shape index (κ2) is 5.10. The second-order valence-electron chi connectivity index (χ2n) is 4.59. The number of carbonyl (C=O) groups is 1. The van der Waals surface area contributed by atoms with Gasteiger partial charge in [-0.15, -0.1) is 0 Å². The van der Waals surface area contributed by atoms with Gasteiger partial charge >= 0.3 is 0 Å². The third-order valence-corrected chi connectivity index (χ3v) is 3.65. The van der Waals surface area contributed by atoms with Crippen LogP contribution in [0.2, 0.25) is 0 Å². The zero-order chi connectivity index (χ0) is 13.2. The summed E-state index contributed by atoms with van der Waals surface area (Å²) in [5.74, 6) is 0.212. The van der Waals surface area contributed by atoms with Crippen molar-refractivity contribution in [3.05, 3.63) is 64.1 Å². The molecule has 2 nitrogen and oxygen atoms in total. The fourth-order valence-electron chi connectivity index (χ4n) is 2.25. The van der Waals surface area contributed by atoms with E-state index in [4.69, 9.17) is 0 Å². The first-order valence-corrected chi connectivity index (χ1v) is 6.95. The largest absolute Gasteiger partial charge is 0.299 e. The molecule has 1 heterocycles. The number of para-hydroxylation sites is 1. The van der Waals surface area contributed by atoms with Crippen molar-refractivity contribution in [1.29, 1.82) is 0 Å². The standard InChI is InChI=1S/C16H12BrNO/c17-13-6-3-5-11(8-13)16-10-14(19)9-12-4-1-2-7-15(12)18-16/h1-8H,9-10H2. The molecule has 0 saturated carbocycles. The van der Waals surface area contributed by atoms with Crippen LogP contribution in [0.3, 0.4) is 0 Å². The maximum absolute atomic E-state index is 12.0. The Labute approximate surface area is 120 Å². The van der Waals surface area contributed by atoms with Gasteiger partial charge in [0.25, 0.3) is 0 Å². The van der Waals surface area contributed by atoms with Crippen molar-refractivity contribution in [3.63, 3.8) is 0 Å². The van der Waals surface area contributed by atoms with Crippen LogP contribution in [0.1, 0.15) is 17.5 Å². The minimum atomic E-state index is 0.212. The lowest BCUT2D eigenvalue weighted by Crippen LogP contribution is -2.08. The van der Waals surface area contributed by atoms with Crippen LogP contribution in [0.5, 0.6) is 0 Å². The lowest BCUT2D eigenvalue weighted by molar-refractivity contribution is -0.117. The summed E-state index contributed by atoms with van der Waals surface area (Å²) in [7, 11) is 0. The van der Waals surface area contributed by atoms with Crippen LogP contribution < -0.4 is 0 Å². The van der Waals surface area contributed by atoms with Gasteiger partial charge in [0.15, 0.2) is 0 Å². The van der Waals surface area contributed by atoms with Gasteiger partial charge in [0, 0.05) is 17.3 Å². The summed E-state index contributed by atoms with van der Waals surface area (Å²) < 4.78 is 0.998. The van der Waals surface area contributed by atoms with E-state index in [-0.39, 0.29) is 5.78 Å². The van der Waals surface area contributed by atoms with E-state index >= 15 is 0 Å². The maximum Gasteiger partial charge on any atom is 0.143 e. The fraction of sp³-hybridized carbons (Fsp3) is 0.125. The molecule has 0 fully saturated rings. The minimum absolute atomic E-state index is 0.212. The Morgan fingerprint density at radius 2 is 1.84 bits per heavy atom. The number of Topliss-reactive ketones (excluding diaryl/α,β-unsaturated/α-hetero) is 1. The van der Waals surface area contributed by atoms with E-state index in [1.807, 2.05) is 48.5 Å². The molecule has 0 amide bonds. The van der Waals surface area contributed by atoms with Gasteiger partial charge in [0.2, 0.25) is 0 Å². The quantitative estimate of drug-likeness (QED) is 0.780. The van der Waals surface area contributed by atoms with Gasteiger partial charge in [-0.1, -0.05) is 46.3 Å². The fourth-order valence-corrected chi connectivity index (χ4v) is 2.65. The van der Waals surface area contributed by atoms with E-state index in [2.05, 4.69) is 20.9 Å². The summed E-state index contributed by atoms with van der Waals surface area (Å²) >= 11 is 3.46. The highest BCUT2D eigenvalue weighted by Crippen LogP contribution is 2.26. The maximum atomic E-state index is 12.0. The first-order chi connectivity index (χ1) is 9.22. The number of fused-ring (bicyclic) bond motifs is 1. The first-order valence-electron chi connectivity index (χ1n) is 6.15. The highest BCUT2D eigenvalue weighted by molar-refractivity contribution is 9.10. The van der Waals surface area contributed by atoms with Crippen molar-refractivity contribution < 1.29 is 4.79 Å². The number of halogens is 1. The van der Waals surface area contributed by atoms with Gasteiger partial charge in [-0.2, -0.15) is 0 Å².